The number of alkyl halides is 2. The van der Waals surface area contributed by atoms with Gasteiger partial charge in [0.25, 0.3) is 5.91 Å². The Morgan fingerprint density at radius 3 is 2.56 bits per heavy atom. The van der Waals surface area contributed by atoms with Crippen LogP contribution < -0.4 is 15.2 Å². The van der Waals surface area contributed by atoms with E-state index in [9.17, 15) is 28.0 Å². The van der Waals surface area contributed by atoms with Gasteiger partial charge < -0.3 is 10.4 Å². The van der Waals surface area contributed by atoms with E-state index in [0.29, 0.717) is 16.0 Å². The minimum atomic E-state index is -2.77. The number of amides is 1. The maximum absolute atomic E-state index is 14.6. The number of aryl methyl sites for hydroxylation is 1. The molecule has 2 aliphatic rings. The van der Waals surface area contributed by atoms with Crippen LogP contribution in [0.5, 0.6) is 0 Å². The van der Waals surface area contributed by atoms with Crippen molar-refractivity contribution in [3.05, 3.63) is 89.0 Å². The molecular weight excluding hydrogens is 537 g/mol. The number of rotatable bonds is 8. The van der Waals surface area contributed by atoms with Crippen LogP contribution in [0.1, 0.15) is 55.7 Å². The Morgan fingerprint density at radius 1 is 1.12 bits per heavy atom. The molecule has 2 heterocycles. The fraction of sp³-hybridized carbons (Fsp3) is 0.414. The van der Waals surface area contributed by atoms with Crippen molar-refractivity contribution in [1.82, 2.24) is 15.3 Å². The van der Waals surface area contributed by atoms with Gasteiger partial charge in [0.05, 0.1) is 11.1 Å². The van der Waals surface area contributed by atoms with E-state index in [1.807, 2.05) is 0 Å². The number of nitroso groups, excluding NO2 is 1. The van der Waals surface area contributed by atoms with E-state index in [1.165, 1.54) is 46.7 Å². The summed E-state index contributed by atoms with van der Waals surface area (Å²) in [5, 5.41) is 14.9. The fourth-order valence-electron chi connectivity index (χ4n) is 5.60. The van der Waals surface area contributed by atoms with Gasteiger partial charge in [-0.1, -0.05) is 35.3 Å². The first-order valence-electron chi connectivity index (χ1n) is 13.6. The number of aliphatic hydroxyl groups excluding tert-OH is 1. The molecule has 0 radical (unpaired) electrons. The van der Waals surface area contributed by atoms with Gasteiger partial charge in [0, 0.05) is 50.2 Å². The van der Waals surface area contributed by atoms with Crippen LogP contribution >= 0.6 is 0 Å². The Bertz CT molecular complexity index is 1380. The second-order valence-electron chi connectivity index (χ2n) is 10.5. The molecule has 9 nitrogen and oxygen atoms in total. The van der Waals surface area contributed by atoms with E-state index in [1.54, 1.807) is 31.2 Å². The molecule has 3 atom stereocenters. The van der Waals surface area contributed by atoms with Gasteiger partial charge >= 0.3 is 6.17 Å². The summed E-state index contributed by atoms with van der Waals surface area (Å²) in [7, 11) is 0. The molecule has 5 rings (SSSR count). The Hall–Kier alpha value is -4.06. The molecule has 1 amide bonds. The monoisotopic (exact) mass is 569 g/mol. The number of nitrogens with zero attached hydrogens (tertiary/aromatic N) is 5. The minimum absolute atomic E-state index is 0.0928. The van der Waals surface area contributed by atoms with Crippen molar-refractivity contribution >= 4 is 17.4 Å². The van der Waals surface area contributed by atoms with E-state index in [-0.39, 0.29) is 50.0 Å². The first-order valence-corrected chi connectivity index (χ1v) is 13.6. The summed E-state index contributed by atoms with van der Waals surface area (Å²) in [6.45, 7) is 1.79. The molecule has 216 valence electrons. The molecule has 1 aromatic heterocycles. The summed E-state index contributed by atoms with van der Waals surface area (Å²) >= 11 is 0. The second kappa shape index (κ2) is 11.8. The SMILES string of the molecule is Cc1ccccc1C(C(=O)NC1CCC(F)(F)CC1)N(c1cccc(F)c1)[N+](=O)C1CCC(O)N1c1cnccn1. The lowest BCUT2D eigenvalue weighted by molar-refractivity contribution is -0.599. The van der Waals surface area contributed by atoms with Crippen LogP contribution in [0.15, 0.2) is 67.1 Å². The summed E-state index contributed by atoms with van der Waals surface area (Å²) in [5.41, 5.74) is 1.30. The van der Waals surface area contributed by atoms with Gasteiger partial charge in [0.1, 0.15) is 22.6 Å². The number of hydrogen-bond donors (Lipinski definition) is 2. The smallest absolute Gasteiger partial charge is 0.312 e. The Kier molecular flexibility index (Phi) is 8.20. The predicted molar refractivity (Wildman–Crippen MR) is 145 cm³/mol. The summed E-state index contributed by atoms with van der Waals surface area (Å²) in [6.07, 6.45) is 2.22. The van der Waals surface area contributed by atoms with Gasteiger partial charge in [-0.15, -0.1) is 0 Å². The zero-order chi connectivity index (χ0) is 29.1. The van der Waals surface area contributed by atoms with Crippen molar-refractivity contribution in [3.8, 4) is 0 Å². The molecule has 12 heteroatoms. The number of hydrazine groups is 1. The summed E-state index contributed by atoms with van der Waals surface area (Å²) in [5.74, 6) is -3.70. The number of hydrogen-bond acceptors (Lipinski definition) is 6. The van der Waals surface area contributed by atoms with Crippen molar-refractivity contribution in [2.45, 2.75) is 75.8 Å². The van der Waals surface area contributed by atoms with Gasteiger partial charge in [-0.2, -0.15) is 0 Å². The molecule has 1 aliphatic carbocycles. The van der Waals surface area contributed by atoms with Gasteiger partial charge in [-0.3, -0.25) is 14.7 Å². The zero-order valence-corrected chi connectivity index (χ0v) is 22.5. The standard InChI is InChI=1S/C29H31F3N6O3/c1-19-5-2-3-8-23(19)27(28(40)35-21-11-13-29(31,32)14-12-21)37(22-7-4-6-20(30)17-22)38(41)25-9-10-26(39)36(25)24-18-33-15-16-34-24/h2-8,15-18,21,25-27,39H,9-14H2,1H3/p+1. The van der Waals surface area contributed by atoms with Gasteiger partial charge in [0.15, 0.2) is 11.9 Å². The molecule has 3 unspecified atom stereocenters. The first kappa shape index (κ1) is 28.5. The van der Waals surface area contributed by atoms with E-state index in [2.05, 4.69) is 15.3 Å². The average molecular weight is 570 g/mol. The number of benzene rings is 2. The van der Waals surface area contributed by atoms with Crippen molar-refractivity contribution in [1.29, 1.82) is 0 Å². The molecule has 3 aromatic rings. The van der Waals surface area contributed by atoms with Crippen LogP contribution in [0.25, 0.3) is 0 Å². The fourth-order valence-corrected chi connectivity index (χ4v) is 5.60. The Morgan fingerprint density at radius 2 is 1.88 bits per heavy atom. The maximum Gasteiger partial charge on any atom is 0.312 e. The Labute approximate surface area is 235 Å². The molecule has 1 saturated heterocycles. The van der Waals surface area contributed by atoms with E-state index in [0.717, 1.165) is 6.07 Å². The highest BCUT2D eigenvalue weighted by Gasteiger charge is 2.51. The molecule has 1 aliphatic heterocycles. The lowest BCUT2D eigenvalue weighted by Crippen LogP contribution is -2.54. The van der Waals surface area contributed by atoms with Crippen LogP contribution in [0.4, 0.5) is 24.7 Å². The lowest BCUT2D eigenvalue weighted by Gasteiger charge is -2.33. The molecule has 0 spiro atoms. The van der Waals surface area contributed by atoms with Crippen LogP contribution in [0, 0.1) is 17.6 Å². The predicted octanol–water partition coefficient (Wildman–Crippen LogP) is 4.80. The molecule has 41 heavy (non-hydrogen) atoms. The number of carbonyl (C=O) groups excluding carboxylic acids is 1. The highest BCUT2D eigenvalue weighted by Crippen LogP contribution is 2.37. The molecule has 0 bridgehead atoms. The number of aliphatic hydroxyl groups is 1. The molecular formula is C29H32F3N6O3+. The first-order chi connectivity index (χ1) is 19.6. The normalized spacial score (nSPS) is 21.3. The van der Waals surface area contributed by atoms with E-state index >= 15 is 0 Å². The molecule has 2 N–H and O–H groups in total. The third-order valence-electron chi connectivity index (χ3n) is 7.72. The van der Waals surface area contributed by atoms with Crippen LogP contribution in [-0.4, -0.2) is 50.2 Å². The van der Waals surface area contributed by atoms with Gasteiger partial charge in [0.2, 0.25) is 5.92 Å². The average Bonchev–Trinajstić information content (AvgIpc) is 3.34. The van der Waals surface area contributed by atoms with Crippen LogP contribution in [0.2, 0.25) is 0 Å². The van der Waals surface area contributed by atoms with Crippen LogP contribution in [-0.2, 0) is 4.79 Å². The quantitative estimate of drug-likeness (QED) is 0.297. The Balaban J connectivity index is 1.57. The maximum atomic E-state index is 14.6. The second-order valence-corrected chi connectivity index (χ2v) is 10.5. The number of anilines is 2. The number of nitrogens with one attached hydrogen (secondary N) is 1. The van der Waals surface area contributed by atoms with Crippen molar-refractivity contribution in [2.75, 3.05) is 9.91 Å². The lowest BCUT2D eigenvalue weighted by atomic mass is 9.91. The van der Waals surface area contributed by atoms with Gasteiger partial charge in [-0.05, 0) is 43.0 Å². The zero-order valence-electron chi connectivity index (χ0n) is 22.5. The van der Waals surface area contributed by atoms with Crippen LogP contribution in [0.3, 0.4) is 0 Å². The third kappa shape index (κ3) is 6.17. The van der Waals surface area contributed by atoms with Crippen molar-refractivity contribution in [2.24, 2.45) is 0 Å². The molecule has 1 saturated carbocycles. The third-order valence-corrected chi connectivity index (χ3v) is 7.72. The number of carbonyl (C=O) groups is 1. The highest BCUT2D eigenvalue weighted by molar-refractivity contribution is 5.86. The van der Waals surface area contributed by atoms with Crippen molar-refractivity contribution in [3.63, 3.8) is 0 Å². The topological polar surface area (TPSA) is 102 Å². The van der Waals surface area contributed by atoms with E-state index in [4.69, 9.17) is 0 Å². The van der Waals surface area contributed by atoms with E-state index < -0.39 is 42.1 Å². The summed E-state index contributed by atoms with van der Waals surface area (Å²) < 4.78 is 42.2. The molecule has 2 aromatic carbocycles. The molecule has 2 fully saturated rings. The number of aromatic nitrogens is 2. The number of halogens is 3. The summed E-state index contributed by atoms with van der Waals surface area (Å²) in [6, 6.07) is 10.6. The summed E-state index contributed by atoms with van der Waals surface area (Å²) in [4.78, 5) is 38.8. The van der Waals surface area contributed by atoms with Crippen molar-refractivity contribution < 1.29 is 27.9 Å². The van der Waals surface area contributed by atoms with Gasteiger partial charge in [-0.25, -0.2) is 18.2 Å². The minimum Gasteiger partial charge on any atom is -0.373 e. The highest BCUT2D eigenvalue weighted by atomic mass is 19.3. The largest absolute Gasteiger partial charge is 0.373 e.